The summed E-state index contributed by atoms with van der Waals surface area (Å²) in [6, 6.07) is 0. The van der Waals surface area contributed by atoms with Crippen LogP contribution in [0.25, 0.3) is 0 Å². The molecular weight excluding hydrogens is 254 g/mol. The summed E-state index contributed by atoms with van der Waals surface area (Å²) >= 11 is 0. The van der Waals surface area contributed by atoms with Crippen LogP contribution in [0.2, 0.25) is 0 Å². The molecular formula is C12H19NO4S. The van der Waals surface area contributed by atoms with Gasteiger partial charge in [-0.2, -0.15) is 0 Å². The summed E-state index contributed by atoms with van der Waals surface area (Å²) < 4.78 is 34.7. The zero-order valence-electron chi connectivity index (χ0n) is 10.8. The molecule has 1 aromatic rings. The standard InChI is InChI=1S/C12H19NO4S/c1-9-11(12(16-2)13-17-9)8-18(14,15)10-6-4-3-5-7-10/h10H,3-8H2,1-2H3. The number of rotatable bonds is 4. The van der Waals surface area contributed by atoms with Crippen molar-refractivity contribution >= 4 is 9.84 Å². The second kappa shape index (κ2) is 5.30. The first-order valence-corrected chi connectivity index (χ1v) is 7.97. The molecule has 2 rings (SSSR count). The van der Waals surface area contributed by atoms with E-state index < -0.39 is 9.84 Å². The van der Waals surface area contributed by atoms with Gasteiger partial charge in [0.25, 0.3) is 5.88 Å². The minimum absolute atomic E-state index is 0.0316. The monoisotopic (exact) mass is 273 g/mol. The van der Waals surface area contributed by atoms with Gasteiger partial charge in [0, 0.05) is 0 Å². The zero-order chi connectivity index (χ0) is 13.2. The molecule has 0 aliphatic heterocycles. The predicted molar refractivity (Wildman–Crippen MR) is 67.3 cm³/mol. The van der Waals surface area contributed by atoms with Crippen LogP contribution in [0.4, 0.5) is 0 Å². The summed E-state index contributed by atoms with van der Waals surface area (Å²) in [6.07, 6.45) is 4.69. The van der Waals surface area contributed by atoms with Gasteiger partial charge in [-0.15, -0.1) is 0 Å². The van der Waals surface area contributed by atoms with Crippen molar-refractivity contribution in [3.05, 3.63) is 11.3 Å². The molecule has 1 aliphatic carbocycles. The third-order valence-corrected chi connectivity index (χ3v) is 5.73. The van der Waals surface area contributed by atoms with E-state index in [1.807, 2.05) is 0 Å². The van der Waals surface area contributed by atoms with Crippen molar-refractivity contribution in [1.82, 2.24) is 5.16 Å². The van der Waals surface area contributed by atoms with Crippen molar-refractivity contribution in [2.24, 2.45) is 0 Å². The highest BCUT2D eigenvalue weighted by Gasteiger charge is 2.30. The normalized spacial score (nSPS) is 17.9. The molecule has 6 heteroatoms. The molecule has 1 saturated carbocycles. The fourth-order valence-corrected chi connectivity index (χ4v) is 4.45. The molecule has 5 nitrogen and oxygen atoms in total. The van der Waals surface area contributed by atoms with Crippen LogP contribution in [-0.4, -0.2) is 25.9 Å². The second-order valence-electron chi connectivity index (χ2n) is 4.79. The number of aryl methyl sites for hydroxylation is 1. The molecule has 0 atom stereocenters. The van der Waals surface area contributed by atoms with Gasteiger partial charge >= 0.3 is 0 Å². The highest BCUT2D eigenvalue weighted by molar-refractivity contribution is 7.91. The lowest BCUT2D eigenvalue weighted by molar-refractivity contribution is 0.331. The Balaban J connectivity index is 2.18. The number of sulfone groups is 1. The largest absolute Gasteiger partial charge is 0.479 e. The number of hydrogen-bond donors (Lipinski definition) is 0. The smallest absolute Gasteiger partial charge is 0.258 e. The first-order valence-electron chi connectivity index (χ1n) is 6.25. The number of ether oxygens (including phenoxy) is 1. The Labute approximate surface area is 107 Å². The third-order valence-electron chi connectivity index (χ3n) is 3.55. The van der Waals surface area contributed by atoms with Crippen molar-refractivity contribution in [3.8, 4) is 5.88 Å². The van der Waals surface area contributed by atoms with Crippen molar-refractivity contribution < 1.29 is 17.7 Å². The van der Waals surface area contributed by atoms with Gasteiger partial charge in [-0.25, -0.2) is 8.42 Å². The van der Waals surface area contributed by atoms with Crippen LogP contribution in [-0.2, 0) is 15.6 Å². The molecule has 18 heavy (non-hydrogen) atoms. The lowest BCUT2D eigenvalue weighted by atomic mass is 10.0. The van der Waals surface area contributed by atoms with Crippen LogP contribution in [0.15, 0.2) is 4.52 Å². The summed E-state index contributed by atoms with van der Waals surface area (Å²) in [5, 5.41) is 3.48. The quantitative estimate of drug-likeness (QED) is 0.841. The van der Waals surface area contributed by atoms with E-state index in [0.29, 0.717) is 11.3 Å². The number of nitrogens with zero attached hydrogens (tertiary/aromatic N) is 1. The van der Waals surface area contributed by atoms with Crippen molar-refractivity contribution in [1.29, 1.82) is 0 Å². The van der Waals surface area contributed by atoms with Gasteiger partial charge in [-0.1, -0.05) is 19.3 Å². The van der Waals surface area contributed by atoms with Gasteiger partial charge in [0.15, 0.2) is 9.84 Å². The molecule has 0 saturated heterocycles. The minimum atomic E-state index is -3.14. The lowest BCUT2D eigenvalue weighted by Crippen LogP contribution is -2.25. The lowest BCUT2D eigenvalue weighted by Gasteiger charge is -2.21. The maximum Gasteiger partial charge on any atom is 0.258 e. The Kier molecular flexibility index (Phi) is 3.94. The van der Waals surface area contributed by atoms with E-state index in [9.17, 15) is 8.42 Å². The Bertz CT molecular complexity index is 500. The van der Waals surface area contributed by atoms with E-state index in [1.165, 1.54) is 7.11 Å². The molecule has 1 fully saturated rings. The van der Waals surface area contributed by atoms with Crippen LogP contribution >= 0.6 is 0 Å². The Morgan fingerprint density at radius 1 is 1.33 bits per heavy atom. The van der Waals surface area contributed by atoms with Crippen LogP contribution in [0, 0.1) is 6.92 Å². The van der Waals surface area contributed by atoms with Crippen LogP contribution in [0.3, 0.4) is 0 Å². The maximum atomic E-state index is 12.3. The van der Waals surface area contributed by atoms with Gasteiger partial charge in [0.1, 0.15) is 5.76 Å². The topological polar surface area (TPSA) is 69.4 Å². The van der Waals surface area contributed by atoms with Crippen molar-refractivity contribution in [2.75, 3.05) is 7.11 Å². The SMILES string of the molecule is COc1noc(C)c1CS(=O)(=O)C1CCCCC1. The summed E-state index contributed by atoms with van der Waals surface area (Å²) in [6.45, 7) is 1.71. The highest BCUT2D eigenvalue weighted by Crippen LogP contribution is 2.29. The molecule has 0 unspecified atom stereocenters. The Morgan fingerprint density at radius 3 is 2.61 bits per heavy atom. The summed E-state index contributed by atoms with van der Waals surface area (Å²) in [4.78, 5) is 0. The molecule has 1 heterocycles. The average molecular weight is 273 g/mol. The molecule has 0 bridgehead atoms. The van der Waals surface area contributed by atoms with E-state index in [2.05, 4.69) is 5.16 Å². The first-order chi connectivity index (χ1) is 8.54. The Morgan fingerprint density at radius 2 is 2.00 bits per heavy atom. The van der Waals surface area contributed by atoms with Crippen LogP contribution in [0.5, 0.6) is 5.88 Å². The number of aromatic nitrogens is 1. The summed E-state index contributed by atoms with van der Waals surface area (Å²) in [5.41, 5.74) is 0.558. The van der Waals surface area contributed by atoms with E-state index in [0.717, 1.165) is 32.1 Å². The van der Waals surface area contributed by atoms with Crippen LogP contribution in [0.1, 0.15) is 43.4 Å². The zero-order valence-corrected chi connectivity index (χ0v) is 11.6. The van der Waals surface area contributed by atoms with Crippen molar-refractivity contribution in [3.63, 3.8) is 0 Å². The highest BCUT2D eigenvalue weighted by atomic mass is 32.2. The van der Waals surface area contributed by atoms with Gasteiger partial charge in [-0.3, -0.25) is 0 Å². The van der Waals surface area contributed by atoms with Gasteiger partial charge in [-0.05, 0) is 24.9 Å². The molecule has 1 aromatic heterocycles. The molecule has 0 spiro atoms. The van der Waals surface area contributed by atoms with Gasteiger partial charge < -0.3 is 9.26 Å². The first kappa shape index (κ1) is 13.4. The fraction of sp³-hybridized carbons (Fsp3) is 0.750. The van der Waals surface area contributed by atoms with E-state index in [4.69, 9.17) is 9.26 Å². The molecule has 0 N–H and O–H groups in total. The molecule has 102 valence electrons. The van der Waals surface area contributed by atoms with E-state index in [-0.39, 0.29) is 16.9 Å². The molecule has 0 aromatic carbocycles. The Hall–Kier alpha value is -1.04. The van der Waals surface area contributed by atoms with Crippen molar-refractivity contribution in [2.45, 2.75) is 50.0 Å². The molecule has 1 aliphatic rings. The minimum Gasteiger partial charge on any atom is -0.479 e. The second-order valence-corrected chi connectivity index (χ2v) is 7.07. The van der Waals surface area contributed by atoms with E-state index >= 15 is 0 Å². The third kappa shape index (κ3) is 2.68. The number of methoxy groups -OCH3 is 1. The van der Waals surface area contributed by atoms with Gasteiger partial charge in [0.2, 0.25) is 0 Å². The number of hydrogen-bond acceptors (Lipinski definition) is 5. The summed E-state index contributed by atoms with van der Waals surface area (Å²) in [7, 11) is -1.68. The average Bonchev–Trinajstić information content (AvgIpc) is 2.71. The van der Waals surface area contributed by atoms with Gasteiger partial charge in [0.05, 0.1) is 23.7 Å². The maximum absolute atomic E-state index is 12.3. The molecule has 0 amide bonds. The predicted octanol–water partition coefficient (Wildman–Crippen LogP) is 2.24. The van der Waals surface area contributed by atoms with Crippen LogP contribution < -0.4 is 4.74 Å². The summed E-state index contributed by atoms with van der Waals surface area (Å²) in [5.74, 6) is 0.772. The molecule has 0 radical (unpaired) electrons. The fourth-order valence-electron chi connectivity index (χ4n) is 2.44. The van der Waals surface area contributed by atoms with E-state index in [1.54, 1.807) is 6.92 Å².